The standard InChI is InChI=1S/C17H26N2OS/c18-16-21-14-6-4-2-1-3-5-12-20-13-8-10-17-9-7-11-19-15-17/h7,9,11,15H,1-6,8,10,12-14H2. The van der Waals surface area contributed by atoms with E-state index >= 15 is 0 Å². The first-order chi connectivity index (χ1) is 10.4. The Morgan fingerprint density at radius 1 is 1.05 bits per heavy atom. The Morgan fingerprint density at radius 2 is 1.81 bits per heavy atom. The molecule has 0 radical (unpaired) electrons. The number of hydrogen-bond donors (Lipinski definition) is 0. The quantitative estimate of drug-likeness (QED) is 0.395. The van der Waals surface area contributed by atoms with Crippen LogP contribution in [0.4, 0.5) is 0 Å². The van der Waals surface area contributed by atoms with Crippen LogP contribution in [0, 0.1) is 10.7 Å². The summed E-state index contributed by atoms with van der Waals surface area (Å²) in [6.45, 7) is 1.73. The van der Waals surface area contributed by atoms with Crippen LogP contribution in [0.1, 0.15) is 50.5 Å². The van der Waals surface area contributed by atoms with E-state index in [1.165, 1.54) is 55.9 Å². The lowest BCUT2D eigenvalue weighted by atomic mass is 10.1. The number of hydrogen-bond acceptors (Lipinski definition) is 4. The van der Waals surface area contributed by atoms with Crippen LogP contribution in [0.25, 0.3) is 0 Å². The van der Waals surface area contributed by atoms with Crippen molar-refractivity contribution in [2.45, 2.75) is 51.4 Å². The molecule has 0 amide bonds. The first-order valence-corrected chi connectivity index (χ1v) is 8.89. The zero-order chi connectivity index (χ0) is 15.0. The Labute approximate surface area is 133 Å². The molecular weight excluding hydrogens is 280 g/mol. The maximum absolute atomic E-state index is 8.39. The third kappa shape index (κ3) is 11.3. The maximum Gasteiger partial charge on any atom is 0.133 e. The molecule has 0 aliphatic heterocycles. The highest BCUT2D eigenvalue weighted by atomic mass is 32.2. The monoisotopic (exact) mass is 306 g/mol. The van der Waals surface area contributed by atoms with Crippen LogP contribution in [0.5, 0.6) is 0 Å². The molecule has 0 spiro atoms. The molecule has 0 N–H and O–H groups in total. The van der Waals surface area contributed by atoms with Crippen molar-refractivity contribution in [3.8, 4) is 5.40 Å². The van der Waals surface area contributed by atoms with Gasteiger partial charge in [-0.2, -0.15) is 5.26 Å². The number of rotatable bonds is 13. The molecule has 0 saturated heterocycles. The minimum absolute atomic E-state index is 0.847. The van der Waals surface area contributed by atoms with Crippen molar-refractivity contribution in [2.75, 3.05) is 19.0 Å². The molecule has 4 heteroatoms. The summed E-state index contributed by atoms with van der Waals surface area (Å²) in [5.41, 5.74) is 1.29. The average molecular weight is 306 g/mol. The van der Waals surface area contributed by atoms with Crippen molar-refractivity contribution in [2.24, 2.45) is 0 Å². The van der Waals surface area contributed by atoms with E-state index in [-0.39, 0.29) is 0 Å². The third-order valence-electron chi connectivity index (χ3n) is 3.33. The molecule has 21 heavy (non-hydrogen) atoms. The number of ether oxygens (including phenoxy) is 1. The molecule has 0 unspecified atom stereocenters. The average Bonchev–Trinajstić information content (AvgIpc) is 2.53. The van der Waals surface area contributed by atoms with E-state index in [2.05, 4.69) is 16.5 Å². The molecule has 0 bridgehead atoms. The molecule has 0 aromatic carbocycles. The first kappa shape index (κ1) is 18.0. The molecule has 0 atom stereocenters. The van der Waals surface area contributed by atoms with Gasteiger partial charge < -0.3 is 4.74 Å². The van der Waals surface area contributed by atoms with Gasteiger partial charge >= 0.3 is 0 Å². The highest BCUT2D eigenvalue weighted by molar-refractivity contribution is 8.03. The van der Waals surface area contributed by atoms with Crippen LogP contribution in [-0.4, -0.2) is 24.0 Å². The molecule has 0 aliphatic carbocycles. The van der Waals surface area contributed by atoms with Crippen molar-refractivity contribution >= 4 is 11.8 Å². The Bertz CT molecular complexity index is 378. The van der Waals surface area contributed by atoms with Crippen LogP contribution in [0.3, 0.4) is 0 Å². The minimum atomic E-state index is 0.847. The highest BCUT2D eigenvalue weighted by Gasteiger charge is 1.95. The zero-order valence-electron chi connectivity index (χ0n) is 12.8. The van der Waals surface area contributed by atoms with E-state index in [0.29, 0.717) is 0 Å². The number of thiocyanates is 1. The predicted molar refractivity (Wildman–Crippen MR) is 89.2 cm³/mol. The summed E-state index contributed by atoms with van der Waals surface area (Å²) in [6.07, 6.45) is 13.3. The van der Waals surface area contributed by atoms with Crippen molar-refractivity contribution in [3.05, 3.63) is 30.1 Å². The summed E-state index contributed by atoms with van der Waals surface area (Å²) >= 11 is 1.37. The molecule has 116 valence electrons. The lowest BCUT2D eigenvalue weighted by Gasteiger charge is -2.04. The molecule has 1 rings (SSSR count). The smallest absolute Gasteiger partial charge is 0.133 e. The van der Waals surface area contributed by atoms with E-state index in [9.17, 15) is 0 Å². The lowest BCUT2D eigenvalue weighted by Crippen LogP contribution is -1.99. The van der Waals surface area contributed by atoms with Gasteiger partial charge in [0.1, 0.15) is 5.40 Å². The maximum atomic E-state index is 8.39. The lowest BCUT2D eigenvalue weighted by molar-refractivity contribution is 0.127. The summed E-state index contributed by atoms with van der Waals surface area (Å²) < 4.78 is 5.66. The van der Waals surface area contributed by atoms with Crippen molar-refractivity contribution in [1.29, 1.82) is 5.26 Å². The molecule has 0 fully saturated rings. The molecule has 1 aromatic rings. The van der Waals surface area contributed by atoms with Gasteiger partial charge in [-0.25, -0.2) is 0 Å². The number of nitrogens with zero attached hydrogens (tertiary/aromatic N) is 2. The molecule has 1 heterocycles. The number of aryl methyl sites for hydroxylation is 1. The Balaban J connectivity index is 1.76. The van der Waals surface area contributed by atoms with E-state index in [4.69, 9.17) is 10.00 Å². The fourth-order valence-electron chi connectivity index (χ4n) is 2.16. The summed E-state index contributed by atoms with van der Waals surface area (Å²) in [5.74, 6) is 0.983. The molecule has 1 aromatic heterocycles. The van der Waals surface area contributed by atoms with Gasteiger partial charge in [-0.3, -0.25) is 4.98 Å². The number of thioether (sulfide) groups is 1. The molecular formula is C17H26N2OS. The summed E-state index contributed by atoms with van der Waals surface area (Å²) in [4.78, 5) is 4.11. The normalized spacial score (nSPS) is 10.4. The van der Waals surface area contributed by atoms with Gasteiger partial charge in [0, 0.05) is 31.4 Å². The topological polar surface area (TPSA) is 45.9 Å². The van der Waals surface area contributed by atoms with Crippen LogP contribution in [0.15, 0.2) is 24.5 Å². The largest absolute Gasteiger partial charge is 0.381 e. The van der Waals surface area contributed by atoms with Gasteiger partial charge in [0.05, 0.1) is 0 Å². The van der Waals surface area contributed by atoms with Gasteiger partial charge in [0.2, 0.25) is 0 Å². The van der Waals surface area contributed by atoms with Crippen molar-refractivity contribution in [1.82, 2.24) is 4.98 Å². The van der Waals surface area contributed by atoms with Gasteiger partial charge in [0.15, 0.2) is 0 Å². The minimum Gasteiger partial charge on any atom is -0.381 e. The van der Waals surface area contributed by atoms with Gasteiger partial charge in [0.25, 0.3) is 0 Å². The molecule has 0 saturated carbocycles. The third-order valence-corrected chi connectivity index (χ3v) is 3.95. The summed E-state index contributed by atoms with van der Waals surface area (Å²) in [7, 11) is 0. The fourth-order valence-corrected chi connectivity index (χ4v) is 2.60. The Kier molecular flexibility index (Phi) is 11.9. The Hall–Kier alpha value is -1.05. The molecule has 3 nitrogen and oxygen atoms in total. The van der Waals surface area contributed by atoms with E-state index in [1.807, 2.05) is 18.5 Å². The predicted octanol–water partition coefficient (Wildman–Crippen LogP) is 4.59. The number of unbranched alkanes of at least 4 members (excludes halogenated alkanes) is 5. The first-order valence-electron chi connectivity index (χ1n) is 7.91. The van der Waals surface area contributed by atoms with Gasteiger partial charge in [-0.1, -0.05) is 31.7 Å². The van der Waals surface area contributed by atoms with E-state index in [0.717, 1.165) is 31.8 Å². The number of pyridine rings is 1. The van der Waals surface area contributed by atoms with Crippen molar-refractivity contribution in [3.63, 3.8) is 0 Å². The summed E-state index contributed by atoms with van der Waals surface area (Å²) in [6, 6.07) is 4.09. The van der Waals surface area contributed by atoms with Crippen LogP contribution in [-0.2, 0) is 11.2 Å². The highest BCUT2D eigenvalue weighted by Crippen LogP contribution is 2.09. The van der Waals surface area contributed by atoms with Crippen LogP contribution in [0.2, 0.25) is 0 Å². The Morgan fingerprint density at radius 3 is 2.57 bits per heavy atom. The second kappa shape index (κ2) is 13.9. The number of aromatic nitrogens is 1. The van der Waals surface area contributed by atoms with Crippen LogP contribution >= 0.6 is 11.8 Å². The zero-order valence-corrected chi connectivity index (χ0v) is 13.6. The van der Waals surface area contributed by atoms with Gasteiger partial charge in [-0.05, 0) is 49.1 Å². The fraction of sp³-hybridized carbons (Fsp3) is 0.647. The summed E-state index contributed by atoms with van der Waals surface area (Å²) in [5, 5.41) is 10.5. The van der Waals surface area contributed by atoms with E-state index in [1.54, 1.807) is 0 Å². The van der Waals surface area contributed by atoms with Crippen LogP contribution < -0.4 is 0 Å². The van der Waals surface area contributed by atoms with Gasteiger partial charge in [-0.15, -0.1) is 0 Å². The SMILES string of the molecule is N#CSCCCCCCCCOCCCc1cccnc1. The molecule has 0 aliphatic rings. The second-order valence-electron chi connectivity index (χ2n) is 5.14. The second-order valence-corrected chi connectivity index (χ2v) is 6.02. The number of nitriles is 1. The van der Waals surface area contributed by atoms with Crippen molar-refractivity contribution < 1.29 is 4.74 Å². The van der Waals surface area contributed by atoms with E-state index < -0.39 is 0 Å².